The number of nitrogens with one attached hydrogen (secondary N) is 1. The monoisotopic (exact) mass is 395 g/mol. The van der Waals surface area contributed by atoms with Crippen LogP contribution in [-0.4, -0.2) is 21.9 Å². The molecule has 2 aromatic carbocycles. The summed E-state index contributed by atoms with van der Waals surface area (Å²) in [6.45, 7) is 3.70. The van der Waals surface area contributed by atoms with Gasteiger partial charge in [-0.15, -0.1) is 0 Å². The predicted molar refractivity (Wildman–Crippen MR) is 106 cm³/mol. The summed E-state index contributed by atoms with van der Waals surface area (Å²) in [6.07, 6.45) is 0. The quantitative estimate of drug-likeness (QED) is 0.640. The highest BCUT2D eigenvalue weighted by Crippen LogP contribution is 2.22. The molecule has 2 N–H and O–H groups in total. The molecule has 1 heterocycles. The van der Waals surface area contributed by atoms with Gasteiger partial charge in [0.2, 0.25) is 0 Å². The zero-order valence-corrected chi connectivity index (χ0v) is 16.1. The molecule has 0 radical (unpaired) electrons. The van der Waals surface area contributed by atoms with Gasteiger partial charge in [-0.3, -0.25) is 10.1 Å². The van der Waals surface area contributed by atoms with E-state index < -0.39 is 11.9 Å². The number of pyridine rings is 1. The fraction of sp³-hybridized carbons (Fsp3) is 0.0952. The van der Waals surface area contributed by atoms with Crippen molar-refractivity contribution in [3.8, 4) is 11.1 Å². The van der Waals surface area contributed by atoms with Crippen molar-refractivity contribution < 1.29 is 14.8 Å². The molecular formula is C21H18ClN3O3. The molecule has 7 heteroatoms. The number of nitrogens with zero attached hydrogens (tertiary/aromatic N) is 2. The van der Waals surface area contributed by atoms with Crippen molar-refractivity contribution in [2.24, 2.45) is 4.99 Å². The van der Waals surface area contributed by atoms with Crippen molar-refractivity contribution >= 4 is 23.5 Å². The van der Waals surface area contributed by atoms with E-state index in [0.717, 1.165) is 21.4 Å². The highest BCUT2D eigenvalue weighted by molar-refractivity contribution is 6.34. The Hall–Kier alpha value is -3.38. The molecular weight excluding hydrogens is 378 g/mol. The van der Waals surface area contributed by atoms with Crippen LogP contribution in [0.1, 0.15) is 21.6 Å². The Morgan fingerprint density at radius 3 is 2.36 bits per heavy atom. The van der Waals surface area contributed by atoms with E-state index in [0.29, 0.717) is 5.69 Å². The van der Waals surface area contributed by atoms with Crippen LogP contribution in [0, 0.1) is 13.8 Å². The first-order chi connectivity index (χ1) is 13.4. The summed E-state index contributed by atoms with van der Waals surface area (Å²) in [6, 6.07) is 16.6. The van der Waals surface area contributed by atoms with Crippen LogP contribution in [-0.2, 0) is 0 Å². The van der Waals surface area contributed by atoms with Gasteiger partial charge in [0.25, 0.3) is 5.91 Å². The van der Waals surface area contributed by atoms with Crippen LogP contribution in [0.2, 0.25) is 5.02 Å². The standard InChI is InChI=1S/C21H18ClN3O3/c1-13-7-9-15(10-8-13)16-11-12-19(25(28)14(16)2)23-21(27)24-20(26)17-5-3-4-6-18(17)22/h3-12,28H,1-2H3,(H,24,26,27). The van der Waals surface area contributed by atoms with E-state index in [1.807, 2.05) is 31.2 Å². The number of amides is 3. The first-order valence-electron chi connectivity index (χ1n) is 8.50. The number of urea groups is 1. The van der Waals surface area contributed by atoms with E-state index >= 15 is 0 Å². The molecule has 0 unspecified atom stereocenters. The minimum Gasteiger partial charge on any atom is -0.427 e. The second kappa shape index (κ2) is 8.10. The maximum absolute atomic E-state index is 12.1. The van der Waals surface area contributed by atoms with Gasteiger partial charge >= 0.3 is 6.03 Å². The van der Waals surface area contributed by atoms with E-state index in [-0.39, 0.29) is 16.1 Å². The van der Waals surface area contributed by atoms with Crippen molar-refractivity contribution in [3.05, 3.63) is 88.0 Å². The number of imide groups is 1. The summed E-state index contributed by atoms with van der Waals surface area (Å²) in [5.41, 5.74) is 3.53. The molecule has 0 atom stereocenters. The Balaban J connectivity index is 1.87. The minimum atomic E-state index is -0.907. The second-order valence-corrected chi connectivity index (χ2v) is 6.63. The molecule has 3 rings (SSSR count). The van der Waals surface area contributed by atoms with E-state index in [9.17, 15) is 14.8 Å². The fourth-order valence-electron chi connectivity index (χ4n) is 2.70. The van der Waals surface area contributed by atoms with Crippen molar-refractivity contribution in [1.82, 2.24) is 10.0 Å². The number of carbonyl (C=O) groups excluding carboxylic acids is 2. The summed E-state index contributed by atoms with van der Waals surface area (Å²) in [5, 5.41) is 12.7. The van der Waals surface area contributed by atoms with Crippen molar-refractivity contribution in [2.45, 2.75) is 13.8 Å². The van der Waals surface area contributed by atoms with Gasteiger partial charge in [-0.05, 0) is 43.7 Å². The third-order valence-electron chi connectivity index (χ3n) is 4.24. The average molecular weight is 396 g/mol. The van der Waals surface area contributed by atoms with Crippen LogP contribution >= 0.6 is 11.6 Å². The van der Waals surface area contributed by atoms with Crippen LogP contribution < -0.4 is 10.8 Å². The predicted octanol–water partition coefficient (Wildman–Crippen LogP) is 4.11. The molecule has 0 bridgehead atoms. The van der Waals surface area contributed by atoms with Gasteiger partial charge in [-0.25, -0.2) is 4.79 Å². The summed E-state index contributed by atoms with van der Waals surface area (Å²) in [7, 11) is 0. The zero-order chi connectivity index (χ0) is 20.3. The number of aryl methyl sites for hydroxylation is 1. The number of hydrogen-bond donors (Lipinski definition) is 2. The van der Waals surface area contributed by atoms with Gasteiger partial charge in [0, 0.05) is 5.56 Å². The minimum absolute atomic E-state index is 0.00202. The summed E-state index contributed by atoms with van der Waals surface area (Å²) < 4.78 is 0.814. The van der Waals surface area contributed by atoms with Crippen LogP contribution in [0.15, 0.2) is 65.7 Å². The van der Waals surface area contributed by atoms with Crippen molar-refractivity contribution in [2.75, 3.05) is 0 Å². The number of carbonyl (C=O) groups is 2. The number of rotatable bonds is 2. The lowest BCUT2D eigenvalue weighted by Crippen LogP contribution is -2.31. The van der Waals surface area contributed by atoms with Gasteiger partial charge in [0.1, 0.15) is 0 Å². The molecule has 6 nitrogen and oxygen atoms in total. The molecule has 142 valence electrons. The summed E-state index contributed by atoms with van der Waals surface area (Å²) in [4.78, 5) is 28.0. The Labute approximate surface area is 166 Å². The highest BCUT2D eigenvalue weighted by Gasteiger charge is 2.13. The molecule has 0 aliphatic rings. The van der Waals surface area contributed by atoms with E-state index in [2.05, 4.69) is 10.3 Å². The first-order valence-corrected chi connectivity index (χ1v) is 8.88. The first kappa shape index (κ1) is 19.4. The van der Waals surface area contributed by atoms with Crippen LogP contribution in [0.5, 0.6) is 0 Å². The topological polar surface area (TPSA) is 83.7 Å². The summed E-state index contributed by atoms with van der Waals surface area (Å²) in [5.74, 6) is -0.670. The lowest BCUT2D eigenvalue weighted by atomic mass is 10.0. The van der Waals surface area contributed by atoms with E-state index in [1.165, 1.54) is 12.1 Å². The van der Waals surface area contributed by atoms with Gasteiger partial charge in [0.05, 0.1) is 16.3 Å². The van der Waals surface area contributed by atoms with Crippen molar-refractivity contribution in [3.63, 3.8) is 0 Å². The Morgan fingerprint density at radius 1 is 1.00 bits per heavy atom. The van der Waals surface area contributed by atoms with Crippen molar-refractivity contribution in [1.29, 1.82) is 0 Å². The average Bonchev–Trinajstić information content (AvgIpc) is 2.67. The Bertz CT molecular complexity index is 1120. The molecule has 0 saturated carbocycles. The maximum atomic E-state index is 12.1. The number of halogens is 1. The van der Waals surface area contributed by atoms with Crippen LogP contribution in [0.4, 0.5) is 4.79 Å². The number of aromatic nitrogens is 1. The smallest absolute Gasteiger partial charge is 0.349 e. The van der Waals surface area contributed by atoms with Crippen LogP contribution in [0.3, 0.4) is 0 Å². The number of hydrogen-bond acceptors (Lipinski definition) is 3. The van der Waals surface area contributed by atoms with Crippen LogP contribution in [0.25, 0.3) is 11.1 Å². The van der Waals surface area contributed by atoms with E-state index in [4.69, 9.17) is 11.6 Å². The SMILES string of the molecule is Cc1ccc(-c2ccc(=NC(=O)NC(=O)c3ccccc3Cl)n(O)c2C)cc1. The third kappa shape index (κ3) is 4.13. The second-order valence-electron chi connectivity index (χ2n) is 6.22. The Morgan fingerprint density at radius 2 is 1.68 bits per heavy atom. The van der Waals surface area contributed by atoms with E-state index in [1.54, 1.807) is 31.2 Å². The molecule has 3 amide bonds. The largest absolute Gasteiger partial charge is 0.427 e. The molecule has 0 spiro atoms. The lowest BCUT2D eigenvalue weighted by molar-refractivity contribution is 0.0965. The zero-order valence-electron chi connectivity index (χ0n) is 15.3. The Kier molecular flexibility index (Phi) is 5.61. The fourth-order valence-corrected chi connectivity index (χ4v) is 2.92. The molecule has 3 aromatic rings. The van der Waals surface area contributed by atoms with Gasteiger partial charge in [0.15, 0.2) is 5.49 Å². The molecule has 0 fully saturated rings. The third-order valence-corrected chi connectivity index (χ3v) is 4.57. The normalized spacial score (nSPS) is 11.3. The molecule has 28 heavy (non-hydrogen) atoms. The highest BCUT2D eigenvalue weighted by atomic mass is 35.5. The molecule has 0 aliphatic carbocycles. The summed E-state index contributed by atoms with van der Waals surface area (Å²) >= 11 is 5.95. The van der Waals surface area contributed by atoms with Gasteiger partial charge < -0.3 is 5.21 Å². The lowest BCUT2D eigenvalue weighted by Gasteiger charge is -2.10. The molecule has 0 aliphatic heterocycles. The molecule has 0 saturated heterocycles. The number of benzene rings is 2. The molecule has 1 aromatic heterocycles. The van der Waals surface area contributed by atoms with Gasteiger partial charge in [-0.2, -0.15) is 9.72 Å². The maximum Gasteiger partial charge on any atom is 0.349 e. The van der Waals surface area contributed by atoms with Gasteiger partial charge in [-0.1, -0.05) is 53.6 Å².